The fourth-order valence-corrected chi connectivity index (χ4v) is 4.11. The number of amides is 1. The molecule has 5 nitrogen and oxygen atoms in total. The van der Waals surface area contributed by atoms with Crippen molar-refractivity contribution in [2.24, 2.45) is 0 Å². The second-order valence-corrected chi connectivity index (χ2v) is 7.85. The van der Waals surface area contributed by atoms with Gasteiger partial charge < -0.3 is 10.1 Å². The lowest BCUT2D eigenvalue weighted by atomic mass is 9.87. The number of nitrogens with zero attached hydrogens (tertiary/aromatic N) is 2. The van der Waals surface area contributed by atoms with Gasteiger partial charge in [0.2, 0.25) is 0 Å². The Hall–Kier alpha value is -2.24. The molecular weight excluding hydrogens is 338 g/mol. The smallest absolute Gasteiger partial charge is 0.270 e. The summed E-state index contributed by atoms with van der Waals surface area (Å²) in [6.07, 6.45) is 4.58. The van der Waals surface area contributed by atoms with E-state index in [-0.39, 0.29) is 17.6 Å². The minimum atomic E-state index is -0.113. The molecule has 2 aliphatic heterocycles. The van der Waals surface area contributed by atoms with Crippen LogP contribution in [-0.4, -0.2) is 47.1 Å². The van der Waals surface area contributed by atoms with Gasteiger partial charge in [0.15, 0.2) is 0 Å². The quantitative estimate of drug-likeness (QED) is 0.905. The number of ether oxygens (including phenoxy) is 1. The van der Waals surface area contributed by atoms with Crippen LogP contribution in [0.3, 0.4) is 0 Å². The number of aromatic nitrogens is 1. The van der Waals surface area contributed by atoms with Gasteiger partial charge in [-0.05, 0) is 43.9 Å². The van der Waals surface area contributed by atoms with Gasteiger partial charge in [-0.1, -0.05) is 35.9 Å². The van der Waals surface area contributed by atoms with Crippen LogP contribution in [0.5, 0.6) is 0 Å². The van der Waals surface area contributed by atoms with Gasteiger partial charge in [-0.25, -0.2) is 0 Å². The second-order valence-electron chi connectivity index (χ2n) is 7.85. The molecule has 27 heavy (non-hydrogen) atoms. The number of hydrogen-bond donors (Lipinski definition) is 1. The number of nitrogens with one attached hydrogen (secondary N) is 1. The molecule has 2 saturated heterocycles. The maximum atomic E-state index is 12.3. The summed E-state index contributed by atoms with van der Waals surface area (Å²) in [6.45, 7) is 5.78. The summed E-state index contributed by atoms with van der Waals surface area (Å²) in [6, 6.07) is 14.2. The van der Waals surface area contributed by atoms with Gasteiger partial charge >= 0.3 is 0 Å². The van der Waals surface area contributed by atoms with E-state index >= 15 is 0 Å². The third kappa shape index (κ3) is 4.37. The molecule has 3 heterocycles. The molecule has 1 aromatic heterocycles. The van der Waals surface area contributed by atoms with Crippen molar-refractivity contribution in [2.45, 2.75) is 44.4 Å². The Labute approximate surface area is 160 Å². The summed E-state index contributed by atoms with van der Waals surface area (Å²) in [5, 5.41) is 3.08. The lowest BCUT2D eigenvalue weighted by Crippen LogP contribution is -2.44. The summed E-state index contributed by atoms with van der Waals surface area (Å²) < 4.78 is 6.18. The highest BCUT2D eigenvalue weighted by atomic mass is 16.5. The molecule has 0 radical (unpaired) electrons. The molecule has 5 heteroatoms. The Morgan fingerprint density at radius 3 is 2.70 bits per heavy atom. The molecule has 142 valence electrons. The molecule has 2 fully saturated rings. The number of piperidine rings is 1. The summed E-state index contributed by atoms with van der Waals surface area (Å²) in [4.78, 5) is 18.9. The molecule has 0 bridgehead atoms. The average Bonchev–Trinajstić information content (AvgIpc) is 3.08. The zero-order valence-electron chi connectivity index (χ0n) is 15.9. The predicted molar refractivity (Wildman–Crippen MR) is 104 cm³/mol. The molecule has 0 unspecified atom stereocenters. The van der Waals surface area contributed by atoms with E-state index in [1.165, 1.54) is 11.1 Å². The maximum absolute atomic E-state index is 12.3. The van der Waals surface area contributed by atoms with Crippen LogP contribution in [-0.2, 0) is 11.3 Å². The molecule has 1 spiro atoms. The number of carbonyl (C=O) groups is 1. The van der Waals surface area contributed by atoms with Crippen molar-refractivity contribution < 1.29 is 9.53 Å². The van der Waals surface area contributed by atoms with Gasteiger partial charge in [0.1, 0.15) is 5.69 Å². The van der Waals surface area contributed by atoms with Crippen LogP contribution < -0.4 is 5.32 Å². The SMILES string of the molecule is Cc1ccc(CN2CCC3(CC2)C[C@@H](NC(=O)c2ccccn2)CO3)cc1. The molecule has 1 aromatic carbocycles. The monoisotopic (exact) mass is 365 g/mol. The van der Waals surface area contributed by atoms with E-state index in [0.717, 1.165) is 38.9 Å². The minimum absolute atomic E-state index is 0.0724. The van der Waals surface area contributed by atoms with Crippen molar-refractivity contribution in [1.82, 2.24) is 15.2 Å². The first-order valence-electron chi connectivity index (χ1n) is 9.76. The van der Waals surface area contributed by atoms with E-state index < -0.39 is 0 Å². The van der Waals surface area contributed by atoms with Gasteiger partial charge in [0.05, 0.1) is 18.2 Å². The summed E-state index contributed by atoms with van der Waals surface area (Å²) >= 11 is 0. The topological polar surface area (TPSA) is 54.5 Å². The van der Waals surface area contributed by atoms with E-state index in [4.69, 9.17) is 4.74 Å². The zero-order valence-corrected chi connectivity index (χ0v) is 15.9. The summed E-state index contributed by atoms with van der Waals surface area (Å²) in [7, 11) is 0. The number of carbonyl (C=O) groups excluding carboxylic acids is 1. The van der Waals surface area contributed by atoms with Crippen LogP contribution in [0.4, 0.5) is 0 Å². The normalized spacial score (nSPS) is 22.0. The first kappa shape index (κ1) is 18.1. The summed E-state index contributed by atoms with van der Waals surface area (Å²) in [5.74, 6) is -0.113. The van der Waals surface area contributed by atoms with Gasteiger partial charge in [0, 0.05) is 25.8 Å². The minimum Gasteiger partial charge on any atom is -0.373 e. The van der Waals surface area contributed by atoms with Gasteiger partial charge in [-0.15, -0.1) is 0 Å². The Morgan fingerprint density at radius 1 is 1.22 bits per heavy atom. The van der Waals surface area contributed by atoms with Gasteiger partial charge in [-0.2, -0.15) is 0 Å². The number of likely N-dealkylation sites (tertiary alicyclic amines) is 1. The Morgan fingerprint density at radius 2 is 2.00 bits per heavy atom. The fraction of sp³-hybridized carbons (Fsp3) is 0.455. The van der Waals surface area contributed by atoms with Gasteiger partial charge in [-0.3, -0.25) is 14.7 Å². The lowest BCUT2D eigenvalue weighted by molar-refractivity contribution is -0.0449. The van der Waals surface area contributed by atoms with Crippen LogP contribution in [0, 0.1) is 6.92 Å². The van der Waals surface area contributed by atoms with Gasteiger partial charge in [0.25, 0.3) is 5.91 Å². The third-order valence-corrected chi connectivity index (χ3v) is 5.74. The zero-order chi connectivity index (χ0) is 18.7. The van der Waals surface area contributed by atoms with Crippen molar-refractivity contribution in [2.75, 3.05) is 19.7 Å². The molecular formula is C22H27N3O2. The van der Waals surface area contributed by atoms with Crippen LogP contribution in [0.15, 0.2) is 48.7 Å². The maximum Gasteiger partial charge on any atom is 0.270 e. The number of rotatable bonds is 4. The van der Waals surface area contributed by atoms with E-state index in [9.17, 15) is 4.79 Å². The molecule has 0 aliphatic carbocycles. The van der Waals surface area contributed by atoms with E-state index in [0.29, 0.717) is 12.3 Å². The predicted octanol–water partition coefficient (Wildman–Crippen LogP) is 2.94. The molecule has 2 aromatic rings. The first-order chi connectivity index (χ1) is 13.1. The first-order valence-corrected chi connectivity index (χ1v) is 9.76. The Bertz CT molecular complexity index is 768. The standard InChI is InChI=1S/C22H27N3O2/c1-17-5-7-18(8-6-17)15-25-12-9-22(10-13-25)14-19(16-27-22)24-21(26)20-4-2-3-11-23-20/h2-8,11,19H,9-10,12-16H2,1H3,(H,24,26)/t19-/m1/s1. The van der Waals surface area contributed by atoms with E-state index in [1.54, 1.807) is 12.3 Å². The van der Waals surface area contributed by atoms with Crippen molar-refractivity contribution in [3.8, 4) is 0 Å². The highest BCUT2D eigenvalue weighted by Crippen LogP contribution is 2.36. The number of aryl methyl sites for hydroxylation is 1. The molecule has 1 N–H and O–H groups in total. The van der Waals surface area contributed by atoms with Crippen LogP contribution in [0.1, 0.15) is 40.9 Å². The fourth-order valence-electron chi connectivity index (χ4n) is 4.11. The van der Waals surface area contributed by atoms with Crippen LogP contribution in [0.25, 0.3) is 0 Å². The van der Waals surface area contributed by atoms with E-state index in [2.05, 4.69) is 46.4 Å². The molecule has 1 atom stereocenters. The third-order valence-electron chi connectivity index (χ3n) is 5.74. The number of pyridine rings is 1. The van der Waals surface area contributed by atoms with Crippen molar-refractivity contribution in [3.05, 3.63) is 65.5 Å². The Balaban J connectivity index is 1.27. The molecule has 1 amide bonds. The van der Waals surface area contributed by atoms with Crippen molar-refractivity contribution >= 4 is 5.91 Å². The van der Waals surface area contributed by atoms with Crippen molar-refractivity contribution in [1.29, 1.82) is 0 Å². The highest BCUT2D eigenvalue weighted by molar-refractivity contribution is 5.92. The van der Waals surface area contributed by atoms with E-state index in [1.807, 2.05) is 12.1 Å². The number of benzene rings is 1. The largest absolute Gasteiger partial charge is 0.373 e. The van der Waals surface area contributed by atoms with Crippen molar-refractivity contribution in [3.63, 3.8) is 0 Å². The highest BCUT2D eigenvalue weighted by Gasteiger charge is 2.43. The Kier molecular flexibility index (Phi) is 5.23. The second kappa shape index (κ2) is 7.79. The molecule has 2 aliphatic rings. The number of hydrogen-bond acceptors (Lipinski definition) is 4. The average molecular weight is 365 g/mol. The van der Waals surface area contributed by atoms with Crippen LogP contribution >= 0.6 is 0 Å². The molecule has 0 saturated carbocycles. The lowest BCUT2D eigenvalue weighted by Gasteiger charge is -2.38. The van der Waals surface area contributed by atoms with Crippen LogP contribution in [0.2, 0.25) is 0 Å². The molecule has 4 rings (SSSR count). The summed E-state index contributed by atoms with van der Waals surface area (Å²) in [5.41, 5.74) is 3.05.